The first-order valence-electron chi connectivity index (χ1n) is 7.82. The minimum atomic E-state index is -0.00130. The van der Waals surface area contributed by atoms with Crippen LogP contribution in [0.15, 0.2) is 60.7 Å². The molecule has 0 unspecified atom stereocenters. The summed E-state index contributed by atoms with van der Waals surface area (Å²) in [5, 5.41) is 0. The summed E-state index contributed by atoms with van der Waals surface area (Å²) >= 11 is 0. The van der Waals surface area contributed by atoms with Crippen LogP contribution in [0.2, 0.25) is 0 Å². The van der Waals surface area contributed by atoms with E-state index in [4.69, 9.17) is 9.47 Å². The van der Waals surface area contributed by atoms with Gasteiger partial charge in [-0.05, 0) is 17.7 Å². The molecule has 0 saturated carbocycles. The van der Waals surface area contributed by atoms with Gasteiger partial charge in [0.05, 0.1) is 6.61 Å². The third-order valence-corrected chi connectivity index (χ3v) is 2.83. The summed E-state index contributed by atoms with van der Waals surface area (Å²) < 4.78 is 11.4. The summed E-state index contributed by atoms with van der Waals surface area (Å²) in [5.74, 6) is 0.886. The van der Waals surface area contributed by atoms with Crippen molar-refractivity contribution in [1.29, 1.82) is 0 Å². The van der Waals surface area contributed by atoms with E-state index in [0.717, 1.165) is 12.4 Å². The maximum Gasteiger partial charge on any atom is 0.152 e. The zero-order chi connectivity index (χ0) is 15.5. The van der Waals surface area contributed by atoms with Crippen molar-refractivity contribution in [2.75, 3.05) is 6.61 Å². The lowest BCUT2D eigenvalue weighted by atomic mass is 10.1. The van der Waals surface area contributed by atoms with Gasteiger partial charge in [-0.25, -0.2) is 0 Å². The fourth-order valence-electron chi connectivity index (χ4n) is 1.88. The van der Waals surface area contributed by atoms with Crippen molar-refractivity contribution in [1.82, 2.24) is 0 Å². The molecule has 0 N–H and O–H groups in total. The summed E-state index contributed by atoms with van der Waals surface area (Å²) in [5.41, 5.74) is 1.17. The van der Waals surface area contributed by atoms with Crippen molar-refractivity contribution in [2.45, 2.75) is 39.9 Å². The number of ether oxygens (including phenoxy) is 2. The first-order valence-corrected chi connectivity index (χ1v) is 7.82. The second kappa shape index (κ2) is 14.5. The van der Waals surface area contributed by atoms with Crippen molar-refractivity contribution >= 4 is 27.0 Å². The number of benzene rings is 2. The molecule has 1 saturated heterocycles. The summed E-state index contributed by atoms with van der Waals surface area (Å²) in [6.07, 6.45) is 0.191. The first-order chi connectivity index (χ1) is 10.4. The van der Waals surface area contributed by atoms with Gasteiger partial charge in [0.2, 0.25) is 0 Å². The van der Waals surface area contributed by atoms with Crippen molar-refractivity contribution in [2.24, 2.45) is 0 Å². The Hall–Kier alpha value is -1.10. The zero-order valence-corrected chi connectivity index (χ0v) is 16.5. The van der Waals surface area contributed by atoms with Crippen LogP contribution in [0, 0.1) is 0 Å². The molecule has 1 heterocycles. The van der Waals surface area contributed by atoms with Crippen LogP contribution in [0.25, 0.3) is 0 Å². The maximum absolute atomic E-state index is 6.00. The molecule has 0 aromatic heterocycles. The lowest BCUT2D eigenvalue weighted by molar-refractivity contribution is 0.161. The van der Waals surface area contributed by atoms with E-state index in [1.807, 2.05) is 76.2 Å². The van der Waals surface area contributed by atoms with E-state index < -0.39 is 0 Å². The van der Waals surface area contributed by atoms with Gasteiger partial charge < -0.3 is 9.47 Å². The van der Waals surface area contributed by atoms with Crippen LogP contribution in [0.1, 0.15) is 39.4 Å². The lowest BCUT2D eigenvalue weighted by Gasteiger charge is -2.17. The average molecular weight is 355 g/mol. The Bertz CT molecular complexity index is 473. The lowest BCUT2D eigenvalue weighted by Crippen LogP contribution is -2.13. The highest BCUT2D eigenvalue weighted by atomic mass is 32.1. The van der Waals surface area contributed by atoms with Gasteiger partial charge in [-0.3, -0.25) is 0 Å². The van der Waals surface area contributed by atoms with E-state index in [1.54, 1.807) is 0 Å². The highest BCUT2D eigenvalue weighted by Gasteiger charge is 2.35. The molecule has 23 heavy (non-hydrogen) atoms. The molecule has 0 radical (unpaired) electrons. The van der Waals surface area contributed by atoms with E-state index >= 15 is 0 Å². The molecule has 3 rings (SSSR count). The Morgan fingerprint density at radius 2 is 1.26 bits per heavy atom. The predicted octanol–water partition coefficient (Wildman–Crippen LogP) is 5.48. The molecule has 1 aliphatic rings. The molecule has 2 atom stereocenters. The fraction of sp³-hybridized carbons (Fsp3) is 0.368. The quantitative estimate of drug-likeness (QED) is 0.678. The summed E-state index contributed by atoms with van der Waals surface area (Å²) in [6, 6.07) is 20.1. The molecule has 0 amide bonds. The van der Waals surface area contributed by atoms with Crippen molar-refractivity contribution in [3.8, 4) is 5.75 Å². The first kappa shape index (κ1) is 24.2. The van der Waals surface area contributed by atoms with Crippen molar-refractivity contribution in [3.63, 3.8) is 0 Å². The SMILES string of the molecule is CC.CC.S.S.c1ccc(O[C@@H](c2ccccc2)[C@H]2CO2)cc1. The molecule has 4 heteroatoms. The standard InChI is InChI=1S/C15H14O2.2C2H6.2H2S/c1-3-7-12(8-4-1)15(14-11-16-14)17-13-9-5-2-6-10-13;2*1-2;;/h1-10,14-15H,11H2;2*1-2H3;2*1H2/t14-,15+;;;;/m1..../s1. The Balaban J connectivity index is 0. The van der Waals surface area contributed by atoms with Gasteiger partial charge in [-0.2, -0.15) is 27.0 Å². The molecule has 0 bridgehead atoms. The van der Waals surface area contributed by atoms with Gasteiger partial charge in [-0.1, -0.05) is 76.2 Å². The second-order valence-electron chi connectivity index (χ2n) is 4.13. The monoisotopic (exact) mass is 354 g/mol. The molecular formula is C19H30O2S2. The summed E-state index contributed by atoms with van der Waals surface area (Å²) in [6.45, 7) is 8.78. The average Bonchev–Trinajstić information content (AvgIpc) is 3.43. The second-order valence-corrected chi connectivity index (χ2v) is 4.13. The highest BCUT2D eigenvalue weighted by Crippen LogP contribution is 2.32. The predicted molar refractivity (Wildman–Crippen MR) is 109 cm³/mol. The van der Waals surface area contributed by atoms with Crippen LogP contribution in [0.3, 0.4) is 0 Å². The number of rotatable bonds is 4. The minimum Gasteiger partial charge on any atom is -0.483 e. The minimum absolute atomic E-state index is 0. The summed E-state index contributed by atoms with van der Waals surface area (Å²) in [7, 11) is 0. The van der Waals surface area contributed by atoms with E-state index in [9.17, 15) is 0 Å². The molecule has 2 aromatic rings. The van der Waals surface area contributed by atoms with E-state index in [1.165, 1.54) is 5.56 Å². The van der Waals surface area contributed by atoms with Gasteiger partial charge in [-0.15, -0.1) is 0 Å². The molecule has 2 nitrogen and oxygen atoms in total. The van der Waals surface area contributed by atoms with Crippen LogP contribution in [-0.2, 0) is 4.74 Å². The third kappa shape index (κ3) is 8.35. The zero-order valence-electron chi connectivity index (χ0n) is 14.5. The van der Waals surface area contributed by atoms with Gasteiger partial charge in [0.1, 0.15) is 11.9 Å². The Morgan fingerprint density at radius 3 is 1.70 bits per heavy atom. The Morgan fingerprint density at radius 1 is 0.826 bits per heavy atom. The molecule has 1 fully saturated rings. The van der Waals surface area contributed by atoms with Crippen LogP contribution in [0.4, 0.5) is 0 Å². The van der Waals surface area contributed by atoms with Crippen LogP contribution >= 0.6 is 27.0 Å². The van der Waals surface area contributed by atoms with E-state index in [0.29, 0.717) is 0 Å². The number of para-hydroxylation sites is 1. The number of epoxide rings is 1. The third-order valence-electron chi connectivity index (χ3n) is 2.83. The Labute approximate surface area is 155 Å². The molecule has 0 aliphatic carbocycles. The smallest absolute Gasteiger partial charge is 0.152 e. The molecule has 130 valence electrons. The van der Waals surface area contributed by atoms with Gasteiger partial charge in [0, 0.05) is 0 Å². The largest absolute Gasteiger partial charge is 0.483 e. The van der Waals surface area contributed by atoms with Gasteiger partial charge in [0.25, 0.3) is 0 Å². The molecule has 1 aliphatic heterocycles. The van der Waals surface area contributed by atoms with Gasteiger partial charge in [0.15, 0.2) is 6.10 Å². The van der Waals surface area contributed by atoms with Crippen LogP contribution in [-0.4, -0.2) is 12.7 Å². The fourth-order valence-corrected chi connectivity index (χ4v) is 1.88. The van der Waals surface area contributed by atoms with Crippen molar-refractivity contribution < 1.29 is 9.47 Å². The normalized spacial score (nSPS) is 15.0. The molecular weight excluding hydrogens is 324 g/mol. The number of hydrogen-bond acceptors (Lipinski definition) is 2. The topological polar surface area (TPSA) is 21.8 Å². The maximum atomic E-state index is 6.00. The molecule has 2 aromatic carbocycles. The highest BCUT2D eigenvalue weighted by molar-refractivity contribution is 7.59. The van der Waals surface area contributed by atoms with Crippen LogP contribution in [0.5, 0.6) is 5.75 Å². The number of hydrogen-bond donors (Lipinski definition) is 0. The van der Waals surface area contributed by atoms with Crippen molar-refractivity contribution in [3.05, 3.63) is 66.2 Å². The Kier molecular flexibility index (Phi) is 15.2. The van der Waals surface area contributed by atoms with Gasteiger partial charge >= 0.3 is 0 Å². The summed E-state index contributed by atoms with van der Waals surface area (Å²) in [4.78, 5) is 0. The van der Waals surface area contributed by atoms with E-state index in [-0.39, 0.29) is 39.2 Å². The molecule has 0 spiro atoms. The van der Waals surface area contributed by atoms with Crippen LogP contribution < -0.4 is 4.74 Å². The van der Waals surface area contributed by atoms with E-state index in [2.05, 4.69) is 12.1 Å².